The number of methoxy groups -OCH3 is 1. The highest BCUT2D eigenvalue weighted by atomic mass is 16.6. The van der Waals surface area contributed by atoms with Gasteiger partial charge in [-0.1, -0.05) is 6.07 Å². The van der Waals surface area contributed by atoms with Crippen molar-refractivity contribution in [2.75, 3.05) is 19.0 Å². The number of amides is 1. The van der Waals surface area contributed by atoms with Gasteiger partial charge in [0.05, 0.1) is 18.9 Å². The molecule has 1 amide bonds. The molecule has 1 aromatic carbocycles. The molecule has 0 aromatic heterocycles. The number of benzene rings is 1. The fraction of sp³-hybridized carbons (Fsp3) is 0.533. The Morgan fingerprint density at radius 1 is 1.43 bits per heavy atom. The maximum Gasteiger partial charge on any atom is 0.412 e. The molecule has 0 aliphatic carbocycles. The molecule has 0 aliphatic rings. The van der Waals surface area contributed by atoms with Crippen molar-refractivity contribution < 1.29 is 19.4 Å². The van der Waals surface area contributed by atoms with Gasteiger partial charge < -0.3 is 20.3 Å². The Bertz CT molecular complexity index is 483. The number of hydrogen-bond donors (Lipinski definition) is 3. The van der Waals surface area contributed by atoms with E-state index in [-0.39, 0.29) is 0 Å². The second-order valence-electron chi connectivity index (χ2n) is 5.67. The summed E-state index contributed by atoms with van der Waals surface area (Å²) in [5.74, 6) is 0.574. The van der Waals surface area contributed by atoms with Crippen LogP contribution in [0.5, 0.6) is 5.75 Å². The van der Waals surface area contributed by atoms with E-state index in [1.165, 1.54) is 7.11 Å². The predicted octanol–water partition coefficient (Wildman–Crippen LogP) is 2.42. The largest absolute Gasteiger partial charge is 0.497 e. The lowest BCUT2D eigenvalue weighted by Gasteiger charge is -2.21. The highest BCUT2D eigenvalue weighted by molar-refractivity contribution is 5.86. The average molecular weight is 296 g/mol. The van der Waals surface area contributed by atoms with E-state index in [0.29, 0.717) is 30.0 Å². The zero-order valence-electron chi connectivity index (χ0n) is 13.0. The molecule has 4 N–H and O–H groups in total. The first-order chi connectivity index (χ1) is 9.76. The van der Waals surface area contributed by atoms with Crippen LogP contribution in [0.3, 0.4) is 0 Å². The first-order valence-electron chi connectivity index (χ1n) is 6.83. The summed E-state index contributed by atoms with van der Waals surface area (Å²) in [6, 6.07) is 5.06. The van der Waals surface area contributed by atoms with Crippen molar-refractivity contribution in [2.45, 2.75) is 38.9 Å². The van der Waals surface area contributed by atoms with Gasteiger partial charge in [0, 0.05) is 11.6 Å². The van der Waals surface area contributed by atoms with E-state index in [0.717, 1.165) is 0 Å². The monoisotopic (exact) mass is 296 g/mol. The minimum Gasteiger partial charge on any atom is -0.497 e. The number of ether oxygens (including phenoxy) is 2. The quantitative estimate of drug-likeness (QED) is 0.776. The number of hydrogen-bond acceptors (Lipinski definition) is 5. The summed E-state index contributed by atoms with van der Waals surface area (Å²) >= 11 is 0. The summed E-state index contributed by atoms with van der Waals surface area (Å²) in [7, 11) is 1.53. The van der Waals surface area contributed by atoms with Gasteiger partial charge in [-0.2, -0.15) is 0 Å². The molecule has 6 nitrogen and oxygen atoms in total. The van der Waals surface area contributed by atoms with Crippen molar-refractivity contribution in [1.82, 2.24) is 0 Å². The summed E-state index contributed by atoms with van der Waals surface area (Å²) in [6.45, 7) is 5.69. The zero-order chi connectivity index (χ0) is 16.0. The maximum absolute atomic E-state index is 11.9. The Labute approximate surface area is 125 Å². The van der Waals surface area contributed by atoms with E-state index < -0.39 is 17.8 Å². The Hall–Kier alpha value is -1.79. The third-order valence-corrected chi connectivity index (χ3v) is 2.70. The molecule has 1 aromatic rings. The van der Waals surface area contributed by atoms with Crippen LogP contribution in [0.25, 0.3) is 0 Å². The number of nitrogens with one attached hydrogen (secondary N) is 1. The summed E-state index contributed by atoms with van der Waals surface area (Å²) in [6.07, 6.45) is -0.946. The molecule has 0 radical (unpaired) electrons. The Kier molecular flexibility index (Phi) is 5.99. The molecule has 0 saturated heterocycles. The predicted molar refractivity (Wildman–Crippen MR) is 81.5 cm³/mol. The molecular formula is C15H24N2O4. The van der Waals surface area contributed by atoms with E-state index in [2.05, 4.69) is 5.32 Å². The van der Waals surface area contributed by atoms with Gasteiger partial charge in [0.15, 0.2) is 0 Å². The van der Waals surface area contributed by atoms with Gasteiger partial charge in [-0.3, -0.25) is 5.32 Å². The third kappa shape index (κ3) is 5.61. The minimum absolute atomic E-state index is 0.346. The van der Waals surface area contributed by atoms with E-state index in [1.54, 1.807) is 39.0 Å². The molecule has 118 valence electrons. The van der Waals surface area contributed by atoms with Crippen LogP contribution >= 0.6 is 0 Å². The Morgan fingerprint density at radius 2 is 2.10 bits per heavy atom. The minimum atomic E-state index is -0.758. The van der Waals surface area contributed by atoms with E-state index in [4.69, 9.17) is 15.2 Å². The molecule has 0 heterocycles. The standard InChI is InChI=1S/C15H24N2O4/c1-15(2,3)21-14(19)17-12-9-10(20-4)5-6-11(12)13(18)7-8-16/h5-6,9,13,18H,7-8,16H2,1-4H3,(H,17,19)/t13-/m0/s1. The highest BCUT2D eigenvalue weighted by Crippen LogP contribution is 2.29. The van der Waals surface area contributed by atoms with Gasteiger partial charge in [-0.05, 0) is 39.8 Å². The van der Waals surface area contributed by atoms with Gasteiger partial charge >= 0.3 is 6.09 Å². The van der Waals surface area contributed by atoms with Crippen molar-refractivity contribution in [3.63, 3.8) is 0 Å². The number of anilines is 1. The van der Waals surface area contributed by atoms with E-state index >= 15 is 0 Å². The Morgan fingerprint density at radius 3 is 2.62 bits per heavy atom. The average Bonchev–Trinajstić information content (AvgIpc) is 2.36. The molecule has 0 spiro atoms. The summed E-state index contributed by atoms with van der Waals surface area (Å²) in [5.41, 5.74) is 5.89. The lowest BCUT2D eigenvalue weighted by Crippen LogP contribution is -2.27. The van der Waals surface area contributed by atoms with E-state index in [9.17, 15) is 9.90 Å². The molecule has 0 unspecified atom stereocenters. The second-order valence-corrected chi connectivity index (χ2v) is 5.67. The van der Waals surface area contributed by atoms with Crippen molar-refractivity contribution in [1.29, 1.82) is 0 Å². The molecule has 6 heteroatoms. The van der Waals surface area contributed by atoms with Crippen LogP contribution in [-0.2, 0) is 4.74 Å². The lowest BCUT2D eigenvalue weighted by atomic mass is 10.0. The lowest BCUT2D eigenvalue weighted by molar-refractivity contribution is 0.0635. The molecule has 1 rings (SSSR count). The molecule has 0 fully saturated rings. The van der Waals surface area contributed by atoms with Crippen LogP contribution in [0, 0.1) is 0 Å². The van der Waals surface area contributed by atoms with Crippen LogP contribution in [0.15, 0.2) is 18.2 Å². The van der Waals surface area contributed by atoms with Crippen LogP contribution in [0.4, 0.5) is 10.5 Å². The van der Waals surface area contributed by atoms with Crippen LogP contribution in [0.2, 0.25) is 0 Å². The van der Waals surface area contributed by atoms with Gasteiger partial charge in [0.1, 0.15) is 11.4 Å². The molecule has 1 atom stereocenters. The fourth-order valence-electron chi connectivity index (χ4n) is 1.79. The van der Waals surface area contributed by atoms with Crippen molar-refractivity contribution in [3.05, 3.63) is 23.8 Å². The molecular weight excluding hydrogens is 272 g/mol. The van der Waals surface area contributed by atoms with Gasteiger partial charge in [-0.15, -0.1) is 0 Å². The van der Waals surface area contributed by atoms with Crippen LogP contribution < -0.4 is 15.8 Å². The van der Waals surface area contributed by atoms with Gasteiger partial charge in [0.2, 0.25) is 0 Å². The molecule has 0 aliphatic heterocycles. The molecule has 0 bridgehead atoms. The van der Waals surface area contributed by atoms with Gasteiger partial charge in [-0.25, -0.2) is 4.79 Å². The number of rotatable bonds is 5. The normalized spacial score (nSPS) is 12.7. The number of carbonyl (C=O) groups excluding carboxylic acids is 1. The van der Waals surface area contributed by atoms with Crippen LogP contribution in [-0.4, -0.2) is 30.5 Å². The SMILES string of the molecule is COc1ccc([C@@H](O)CCN)c(NC(=O)OC(C)(C)C)c1. The third-order valence-electron chi connectivity index (χ3n) is 2.70. The number of carbonyl (C=O) groups is 1. The maximum atomic E-state index is 11.9. The van der Waals surface area contributed by atoms with Crippen molar-refractivity contribution in [3.8, 4) is 5.75 Å². The van der Waals surface area contributed by atoms with E-state index in [1.807, 2.05) is 0 Å². The zero-order valence-corrected chi connectivity index (χ0v) is 13.0. The molecule has 0 saturated carbocycles. The smallest absolute Gasteiger partial charge is 0.412 e. The first-order valence-corrected chi connectivity index (χ1v) is 6.83. The van der Waals surface area contributed by atoms with Crippen molar-refractivity contribution in [2.24, 2.45) is 5.73 Å². The number of nitrogens with two attached hydrogens (primary N) is 1. The van der Waals surface area contributed by atoms with Crippen LogP contribution in [0.1, 0.15) is 38.9 Å². The Balaban J connectivity index is 2.98. The summed E-state index contributed by atoms with van der Waals surface area (Å²) < 4.78 is 10.3. The highest BCUT2D eigenvalue weighted by Gasteiger charge is 2.19. The summed E-state index contributed by atoms with van der Waals surface area (Å²) in [4.78, 5) is 11.9. The first kappa shape index (κ1) is 17.3. The second kappa shape index (κ2) is 7.28. The number of aliphatic hydroxyl groups excluding tert-OH is 1. The topological polar surface area (TPSA) is 93.8 Å². The fourth-order valence-corrected chi connectivity index (χ4v) is 1.79. The summed E-state index contributed by atoms with van der Waals surface area (Å²) in [5, 5.41) is 12.7. The van der Waals surface area contributed by atoms with Crippen molar-refractivity contribution >= 4 is 11.8 Å². The number of aliphatic hydroxyl groups is 1. The van der Waals surface area contributed by atoms with Gasteiger partial charge in [0.25, 0.3) is 0 Å². The molecule has 21 heavy (non-hydrogen) atoms.